The van der Waals surface area contributed by atoms with E-state index in [9.17, 15) is 4.79 Å². The summed E-state index contributed by atoms with van der Waals surface area (Å²) in [6, 6.07) is 3.73. The van der Waals surface area contributed by atoms with Crippen molar-refractivity contribution < 1.29 is 4.79 Å². The Morgan fingerprint density at radius 1 is 1.67 bits per heavy atom. The van der Waals surface area contributed by atoms with E-state index >= 15 is 0 Å². The molecule has 5 heteroatoms. The van der Waals surface area contributed by atoms with Crippen LogP contribution in [0, 0.1) is 3.57 Å². The number of aromatic nitrogens is 1. The summed E-state index contributed by atoms with van der Waals surface area (Å²) in [6.07, 6.45) is 4.25. The zero-order valence-electron chi connectivity index (χ0n) is 8.66. The molecular weight excluding hydrogens is 323 g/mol. The van der Waals surface area contributed by atoms with Gasteiger partial charge in [-0.05, 0) is 41.0 Å². The van der Waals surface area contributed by atoms with Crippen molar-refractivity contribution in [1.82, 2.24) is 4.98 Å². The molecule has 1 rings (SSSR count). The molecular formula is C10H13IN2OS. The molecule has 0 aliphatic heterocycles. The van der Waals surface area contributed by atoms with Crippen LogP contribution in [0.25, 0.3) is 0 Å². The molecule has 1 heterocycles. The van der Waals surface area contributed by atoms with Crippen LogP contribution < -0.4 is 5.32 Å². The maximum atomic E-state index is 11.5. The van der Waals surface area contributed by atoms with Crippen LogP contribution in [0.15, 0.2) is 18.3 Å². The number of pyridine rings is 1. The van der Waals surface area contributed by atoms with Gasteiger partial charge in [0.2, 0.25) is 5.91 Å². The molecule has 1 aromatic rings. The first-order chi connectivity index (χ1) is 7.11. The molecule has 0 spiro atoms. The first-order valence-corrected chi connectivity index (χ1v) is 6.92. The predicted octanol–water partition coefficient (Wildman–Crippen LogP) is 2.77. The minimum Gasteiger partial charge on any atom is -0.311 e. The monoisotopic (exact) mass is 336 g/mol. The Hall–Kier alpha value is -0.300. The average molecular weight is 336 g/mol. The van der Waals surface area contributed by atoms with Gasteiger partial charge in [0.05, 0.1) is 0 Å². The lowest BCUT2D eigenvalue weighted by molar-refractivity contribution is -0.116. The second-order valence-corrected chi connectivity index (χ2v) is 5.68. The number of nitrogens with one attached hydrogen (secondary N) is 1. The summed E-state index contributed by atoms with van der Waals surface area (Å²) in [6.45, 7) is 2.03. The minimum absolute atomic E-state index is 0.0190. The number of hydrogen-bond donors (Lipinski definition) is 1. The Kier molecular flexibility index (Phi) is 5.38. The van der Waals surface area contributed by atoms with Crippen LogP contribution in [0.5, 0.6) is 0 Å². The van der Waals surface area contributed by atoms with E-state index in [1.165, 1.54) is 0 Å². The summed E-state index contributed by atoms with van der Waals surface area (Å²) in [5.74, 6) is 0.638. The van der Waals surface area contributed by atoms with Crippen molar-refractivity contribution in [1.29, 1.82) is 0 Å². The van der Waals surface area contributed by atoms with Gasteiger partial charge in [-0.25, -0.2) is 4.98 Å². The molecule has 3 nitrogen and oxygen atoms in total. The standard InChI is InChI=1S/C10H13IN2OS/c1-7(15-2)5-10(14)13-9-4-3-8(11)6-12-9/h3-4,6-7H,5H2,1-2H3,(H,12,13,14)/t7-/m1/s1. The molecule has 0 fully saturated rings. The summed E-state index contributed by atoms with van der Waals surface area (Å²) in [5.41, 5.74) is 0. The maximum Gasteiger partial charge on any atom is 0.226 e. The lowest BCUT2D eigenvalue weighted by atomic mass is 10.3. The van der Waals surface area contributed by atoms with E-state index in [2.05, 4.69) is 32.9 Å². The third kappa shape index (κ3) is 4.83. The van der Waals surface area contributed by atoms with E-state index < -0.39 is 0 Å². The molecule has 0 aliphatic carbocycles. The van der Waals surface area contributed by atoms with Gasteiger partial charge in [-0.2, -0.15) is 11.8 Å². The molecule has 1 aromatic heterocycles. The molecule has 82 valence electrons. The number of halogens is 1. The fraction of sp³-hybridized carbons (Fsp3) is 0.400. The third-order valence-corrected chi connectivity index (χ3v) is 3.48. The van der Waals surface area contributed by atoms with E-state index in [4.69, 9.17) is 0 Å². The molecule has 0 radical (unpaired) electrons. The fourth-order valence-electron chi connectivity index (χ4n) is 0.988. The van der Waals surface area contributed by atoms with Crippen LogP contribution in [-0.4, -0.2) is 22.4 Å². The minimum atomic E-state index is 0.0190. The number of thioether (sulfide) groups is 1. The van der Waals surface area contributed by atoms with Gasteiger partial charge in [0.1, 0.15) is 5.82 Å². The molecule has 0 saturated carbocycles. The SMILES string of the molecule is CS[C@H](C)CC(=O)Nc1ccc(I)cn1. The highest BCUT2D eigenvalue weighted by atomic mass is 127. The van der Waals surface area contributed by atoms with Crippen molar-refractivity contribution in [2.45, 2.75) is 18.6 Å². The Morgan fingerprint density at radius 2 is 2.40 bits per heavy atom. The van der Waals surface area contributed by atoms with Crippen LogP contribution in [0.3, 0.4) is 0 Å². The highest BCUT2D eigenvalue weighted by Crippen LogP contribution is 2.12. The number of amides is 1. The van der Waals surface area contributed by atoms with E-state index in [0.29, 0.717) is 17.5 Å². The number of anilines is 1. The number of hydrogen-bond acceptors (Lipinski definition) is 3. The Bertz CT molecular complexity index is 329. The lowest BCUT2D eigenvalue weighted by Crippen LogP contribution is -2.16. The van der Waals surface area contributed by atoms with Crippen molar-refractivity contribution in [3.8, 4) is 0 Å². The zero-order valence-corrected chi connectivity index (χ0v) is 11.6. The Labute approximate surface area is 108 Å². The van der Waals surface area contributed by atoms with Gasteiger partial charge >= 0.3 is 0 Å². The topological polar surface area (TPSA) is 42.0 Å². The van der Waals surface area contributed by atoms with E-state index in [0.717, 1.165) is 3.57 Å². The van der Waals surface area contributed by atoms with E-state index in [1.54, 1.807) is 18.0 Å². The number of carbonyl (C=O) groups is 1. The number of carbonyl (C=O) groups excluding carboxylic acids is 1. The largest absolute Gasteiger partial charge is 0.311 e. The Balaban J connectivity index is 2.48. The molecule has 0 unspecified atom stereocenters. The van der Waals surface area contributed by atoms with Gasteiger partial charge in [0.25, 0.3) is 0 Å². The van der Waals surface area contributed by atoms with Crippen molar-refractivity contribution in [2.24, 2.45) is 0 Å². The molecule has 0 saturated heterocycles. The van der Waals surface area contributed by atoms with Crippen LogP contribution in [0.2, 0.25) is 0 Å². The summed E-state index contributed by atoms with van der Waals surface area (Å²) in [4.78, 5) is 15.6. The van der Waals surface area contributed by atoms with Gasteiger partial charge in [-0.1, -0.05) is 6.92 Å². The van der Waals surface area contributed by atoms with Gasteiger partial charge in [0.15, 0.2) is 0 Å². The van der Waals surface area contributed by atoms with Crippen LogP contribution in [-0.2, 0) is 4.79 Å². The number of rotatable bonds is 4. The lowest BCUT2D eigenvalue weighted by Gasteiger charge is -2.08. The van der Waals surface area contributed by atoms with Crippen molar-refractivity contribution >= 4 is 46.1 Å². The van der Waals surface area contributed by atoms with Crippen molar-refractivity contribution in [3.63, 3.8) is 0 Å². The van der Waals surface area contributed by atoms with Crippen molar-refractivity contribution in [3.05, 3.63) is 21.9 Å². The van der Waals surface area contributed by atoms with E-state index in [1.807, 2.05) is 25.3 Å². The molecule has 1 amide bonds. The van der Waals surface area contributed by atoms with Crippen molar-refractivity contribution in [2.75, 3.05) is 11.6 Å². The second-order valence-electron chi connectivity index (χ2n) is 3.16. The third-order valence-electron chi connectivity index (χ3n) is 1.87. The quantitative estimate of drug-likeness (QED) is 0.860. The molecule has 1 atom stereocenters. The smallest absolute Gasteiger partial charge is 0.226 e. The van der Waals surface area contributed by atoms with Gasteiger partial charge in [-0.3, -0.25) is 4.79 Å². The van der Waals surface area contributed by atoms with Crippen LogP contribution >= 0.6 is 34.4 Å². The second kappa shape index (κ2) is 6.32. The number of nitrogens with zero attached hydrogens (tertiary/aromatic N) is 1. The average Bonchev–Trinajstić information content (AvgIpc) is 2.21. The van der Waals surface area contributed by atoms with E-state index in [-0.39, 0.29) is 5.91 Å². The van der Waals surface area contributed by atoms with Gasteiger partial charge in [0, 0.05) is 21.4 Å². The fourth-order valence-corrected chi connectivity index (χ4v) is 1.63. The first kappa shape index (κ1) is 12.8. The molecule has 15 heavy (non-hydrogen) atoms. The highest BCUT2D eigenvalue weighted by molar-refractivity contribution is 14.1. The van der Waals surface area contributed by atoms with Crippen LogP contribution in [0.1, 0.15) is 13.3 Å². The summed E-state index contributed by atoms with van der Waals surface area (Å²) >= 11 is 3.86. The molecule has 1 N–H and O–H groups in total. The summed E-state index contributed by atoms with van der Waals surface area (Å²) in [5, 5.41) is 3.11. The Morgan fingerprint density at radius 3 is 2.93 bits per heavy atom. The summed E-state index contributed by atoms with van der Waals surface area (Å²) < 4.78 is 1.06. The highest BCUT2D eigenvalue weighted by Gasteiger charge is 2.08. The summed E-state index contributed by atoms with van der Waals surface area (Å²) in [7, 11) is 0. The van der Waals surface area contributed by atoms with Gasteiger partial charge in [-0.15, -0.1) is 0 Å². The van der Waals surface area contributed by atoms with Gasteiger partial charge < -0.3 is 5.32 Å². The normalized spacial score (nSPS) is 12.2. The molecule has 0 aliphatic rings. The maximum absolute atomic E-state index is 11.5. The first-order valence-electron chi connectivity index (χ1n) is 4.56. The van der Waals surface area contributed by atoms with Crippen LogP contribution in [0.4, 0.5) is 5.82 Å². The zero-order chi connectivity index (χ0) is 11.3. The molecule has 0 bridgehead atoms. The molecule has 0 aromatic carbocycles. The predicted molar refractivity (Wildman–Crippen MR) is 73.2 cm³/mol.